The zero-order chi connectivity index (χ0) is 24.5. The summed E-state index contributed by atoms with van der Waals surface area (Å²) in [5.41, 5.74) is 0.301. The molecule has 0 radical (unpaired) electrons. The number of aromatic nitrogens is 1. The van der Waals surface area contributed by atoms with Gasteiger partial charge in [-0.25, -0.2) is 14.6 Å². The second-order valence-electron chi connectivity index (χ2n) is 8.40. The van der Waals surface area contributed by atoms with E-state index in [0.717, 1.165) is 28.7 Å². The lowest BCUT2D eigenvalue weighted by molar-refractivity contribution is 0.0594. The third kappa shape index (κ3) is 7.63. The molecule has 0 saturated carbocycles. The number of methoxy groups -OCH3 is 1. The first-order valence-electron chi connectivity index (χ1n) is 11.6. The van der Waals surface area contributed by atoms with Crippen LogP contribution in [-0.4, -0.2) is 65.4 Å². The quantitative estimate of drug-likeness (QED) is 0.364. The van der Waals surface area contributed by atoms with Crippen LogP contribution in [0.15, 0.2) is 5.38 Å². The van der Waals surface area contributed by atoms with Gasteiger partial charge in [0.15, 0.2) is 5.69 Å². The highest BCUT2D eigenvalue weighted by Gasteiger charge is 2.33. The highest BCUT2D eigenvalue weighted by atomic mass is 32.3. The molecule has 0 fully saturated rings. The fourth-order valence-corrected chi connectivity index (χ4v) is 6.72. The molecule has 0 aliphatic heterocycles. The lowest BCUT2D eigenvalue weighted by Crippen LogP contribution is -2.48. The summed E-state index contributed by atoms with van der Waals surface area (Å²) in [5.74, 6) is 2.66. The second-order valence-corrected chi connectivity index (χ2v) is 13.1. The number of carbonyl (C=O) groups excluding carboxylic acids is 2. The predicted molar refractivity (Wildman–Crippen MR) is 136 cm³/mol. The minimum atomic E-state index is -1.28. The molecule has 3 atom stereocenters. The van der Waals surface area contributed by atoms with Gasteiger partial charge in [0.2, 0.25) is 0 Å². The van der Waals surface area contributed by atoms with Crippen LogP contribution in [-0.2, 0) is 8.92 Å². The number of nitrogens with zero attached hydrogens (tertiary/aromatic N) is 2. The Morgan fingerprint density at radius 1 is 1.16 bits per heavy atom. The van der Waals surface area contributed by atoms with Gasteiger partial charge >= 0.3 is 12.0 Å². The molecule has 0 spiro atoms. The van der Waals surface area contributed by atoms with Crippen molar-refractivity contribution in [1.82, 2.24) is 15.2 Å². The normalized spacial score (nSPS) is 15.2. The van der Waals surface area contributed by atoms with Gasteiger partial charge in [-0.15, -0.1) is 21.6 Å². The zero-order valence-corrected chi connectivity index (χ0v) is 22.9. The van der Waals surface area contributed by atoms with Crippen LogP contribution >= 0.6 is 21.6 Å². The summed E-state index contributed by atoms with van der Waals surface area (Å²) in [6, 6.07) is -0.00720. The molecule has 1 N–H and O–H groups in total. The Labute approximate surface area is 200 Å². The van der Waals surface area contributed by atoms with Crippen LogP contribution in [0.1, 0.15) is 82.9 Å². The number of thiazole rings is 1. The van der Waals surface area contributed by atoms with E-state index in [4.69, 9.17) is 8.92 Å². The average molecular weight is 490 g/mol. The number of hydrogen-bond acceptors (Lipinski definition) is 6. The van der Waals surface area contributed by atoms with E-state index in [-0.39, 0.29) is 30.1 Å². The Kier molecular flexibility index (Phi) is 12.0. The molecule has 0 saturated heterocycles. The fourth-order valence-electron chi connectivity index (χ4n) is 3.54. The van der Waals surface area contributed by atoms with Gasteiger partial charge in [0.25, 0.3) is 0 Å². The summed E-state index contributed by atoms with van der Waals surface area (Å²) in [6.45, 7) is 14.8. The minimum absolute atomic E-state index is 0.0443. The molecular weight excluding hydrogens is 446 g/mol. The van der Waals surface area contributed by atoms with Gasteiger partial charge in [-0.05, 0) is 36.5 Å². The van der Waals surface area contributed by atoms with Crippen molar-refractivity contribution >= 4 is 33.6 Å². The van der Waals surface area contributed by atoms with Crippen LogP contribution in [0.4, 0.5) is 4.79 Å². The van der Waals surface area contributed by atoms with E-state index in [1.54, 1.807) is 10.3 Å². The number of nitrogens with one attached hydrogen (secondary N) is 1. The van der Waals surface area contributed by atoms with Crippen molar-refractivity contribution in [3.63, 3.8) is 0 Å². The molecule has 0 aliphatic carbocycles. The van der Waals surface area contributed by atoms with Crippen molar-refractivity contribution in [2.24, 2.45) is 5.92 Å². The topological polar surface area (TPSA) is 80.8 Å². The maximum atomic E-state index is 12.9. The summed E-state index contributed by atoms with van der Waals surface area (Å²) in [5, 5.41) is 5.55. The number of urea groups is 1. The van der Waals surface area contributed by atoms with E-state index in [0.29, 0.717) is 12.1 Å². The first kappa shape index (κ1) is 28.7. The number of esters is 1. The molecule has 1 aromatic rings. The van der Waals surface area contributed by atoms with Crippen molar-refractivity contribution in [3.8, 4) is 0 Å². The fraction of sp³-hybridized carbons (Fsp3) is 0.783. The highest BCUT2D eigenvalue weighted by Crippen LogP contribution is 2.53. The Balaban J connectivity index is 3.27. The van der Waals surface area contributed by atoms with Gasteiger partial charge in [0.1, 0.15) is 11.1 Å². The largest absolute Gasteiger partial charge is 0.464 e. The molecule has 2 unspecified atom stereocenters. The summed E-state index contributed by atoms with van der Waals surface area (Å²) < 4.78 is 11.7. The number of hydrogen-bond donors (Lipinski definition) is 1. The van der Waals surface area contributed by atoms with E-state index in [9.17, 15) is 9.59 Å². The van der Waals surface area contributed by atoms with Crippen LogP contribution < -0.4 is 5.32 Å². The lowest BCUT2D eigenvalue weighted by atomic mass is 9.97. The van der Waals surface area contributed by atoms with Crippen LogP contribution in [0.3, 0.4) is 0 Å². The molecule has 0 aliphatic rings. The minimum Gasteiger partial charge on any atom is -0.464 e. The van der Waals surface area contributed by atoms with Crippen molar-refractivity contribution in [2.45, 2.75) is 79.5 Å². The van der Waals surface area contributed by atoms with Crippen molar-refractivity contribution in [3.05, 3.63) is 16.1 Å². The third-order valence-corrected chi connectivity index (χ3v) is 10.8. The summed E-state index contributed by atoms with van der Waals surface area (Å²) >= 11 is 1.42. The number of rotatable bonds is 13. The van der Waals surface area contributed by atoms with Crippen molar-refractivity contribution in [2.75, 3.05) is 31.4 Å². The first-order valence-corrected chi connectivity index (χ1v) is 14.5. The molecule has 1 aromatic heterocycles. The number of amides is 2. The Hall–Kier alpha value is -1.32. The van der Waals surface area contributed by atoms with E-state index in [1.807, 2.05) is 14.0 Å². The average Bonchev–Trinajstić information content (AvgIpc) is 3.28. The number of ether oxygens (including phenoxy) is 1. The van der Waals surface area contributed by atoms with Gasteiger partial charge in [0, 0.05) is 30.9 Å². The summed E-state index contributed by atoms with van der Waals surface area (Å²) in [7, 11) is 1.92. The first-order chi connectivity index (χ1) is 15.1. The van der Waals surface area contributed by atoms with Gasteiger partial charge in [0.05, 0.1) is 7.11 Å². The van der Waals surface area contributed by atoms with Crippen LogP contribution in [0.2, 0.25) is 0 Å². The molecule has 32 heavy (non-hydrogen) atoms. The molecule has 9 heteroatoms. The maximum absolute atomic E-state index is 12.9. The molecular formula is C23H43N3O4S2. The van der Waals surface area contributed by atoms with Gasteiger partial charge in [-0.2, -0.15) is 0 Å². The Morgan fingerprint density at radius 3 is 2.22 bits per heavy atom. The molecule has 1 heterocycles. The SMILES string of the molecule is CC[C@H](C)NC(=O)N(C)C(CC(OS(CC)(CC)CC)c1nc(C(=O)OC)cs1)C(C)C. The summed E-state index contributed by atoms with van der Waals surface area (Å²) in [4.78, 5) is 31.2. The van der Waals surface area contributed by atoms with Crippen LogP contribution in [0.25, 0.3) is 0 Å². The molecule has 2 amide bonds. The van der Waals surface area contributed by atoms with Gasteiger partial charge < -0.3 is 19.1 Å². The maximum Gasteiger partial charge on any atom is 0.357 e. The van der Waals surface area contributed by atoms with Gasteiger partial charge in [-0.1, -0.05) is 41.5 Å². The lowest BCUT2D eigenvalue weighted by Gasteiger charge is -2.42. The van der Waals surface area contributed by atoms with E-state index < -0.39 is 16.3 Å². The summed E-state index contributed by atoms with van der Waals surface area (Å²) in [6.07, 6.45) is 1.20. The Bertz CT molecular complexity index is 714. The smallest absolute Gasteiger partial charge is 0.357 e. The Morgan fingerprint density at radius 2 is 1.75 bits per heavy atom. The van der Waals surface area contributed by atoms with E-state index >= 15 is 0 Å². The monoisotopic (exact) mass is 489 g/mol. The second kappa shape index (κ2) is 13.4. The van der Waals surface area contributed by atoms with E-state index in [1.165, 1.54) is 18.4 Å². The van der Waals surface area contributed by atoms with Crippen LogP contribution in [0.5, 0.6) is 0 Å². The van der Waals surface area contributed by atoms with Crippen molar-refractivity contribution < 1.29 is 18.5 Å². The van der Waals surface area contributed by atoms with Gasteiger partial charge in [-0.3, -0.25) is 0 Å². The molecule has 1 rings (SSSR count). The van der Waals surface area contributed by atoms with E-state index in [2.05, 4.69) is 51.8 Å². The molecule has 7 nitrogen and oxygen atoms in total. The predicted octanol–water partition coefficient (Wildman–Crippen LogP) is 5.62. The highest BCUT2D eigenvalue weighted by molar-refractivity contribution is 8.29. The third-order valence-electron chi connectivity index (χ3n) is 6.12. The van der Waals surface area contributed by atoms with Crippen LogP contribution in [0, 0.1) is 5.92 Å². The standard InChI is InChI=1S/C23H43N3O4S2/c1-10-17(7)24-23(28)26(8)19(16(5)6)14-20(30-32(11-2,12-3)13-4)21-25-18(15-31-21)22(27)29-9/h15-17,19-20H,10-14H2,1-9H3,(H,24,28)/t17-,19?,20?/m0/s1. The van der Waals surface area contributed by atoms with Crippen molar-refractivity contribution in [1.29, 1.82) is 0 Å². The molecule has 0 bridgehead atoms. The molecule has 0 aromatic carbocycles. The number of carbonyl (C=O) groups is 2. The zero-order valence-electron chi connectivity index (χ0n) is 21.3. The molecule has 186 valence electrons.